The number of rotatable bonds is 4. The Kier molecular flexibility index (Phi) is 4.30. The van der Waals surface area contributed by atoms with Gasteiger partial charge in [0.05, 0.1) is 6.04 Å². The van der Waals surface area contributed by atoms with Crippen molar-refractivity contribution >= 4 is 0 Å². The van der Waals surface area contributed by atoms with Gasteiger partial charge in [0, 0.05) is 12.4 Å². The van der Waals surface area contributed by atoms with Gasteiger partial charge in [0.1, 0.15) is 0 Å². The summed E-state index contributed by atoms with van der Waals surface area (Å²) in [6, 6.07) is 10.7. The lowest BCUT2D eigenvalue weighted by atomic mass is 9.96. The third-order valence-electron chi connectivity index (χ3n) is 3.33. The zero-order chi connectivity index (χ0) is 13.8. The molecular formula is C16H21N3. The van der Waals surface area contributed by atoms with Crippen LogP contribution in [0.3, 0.4) is 0 Å². The van der Waals surface area contributed by atoms with Crippen LogP contribution in [0.5, 0.6) is 0 Å². The Labute approximate surface area is 114 Å². The number of aryl methyl sites for hydroxylation is 1. The standard InChI is InChI=1S/C16H21N3/c1-11(2)13-4-6-14(7-5-13)16(19-17)15-8-12(3)9-18-10-15/h4-11,16,19H,17H2,1-3H3. The molecular weight excluding hydrogens is 234 g/mol. The van der Waals surface area contributed by atoms with E-state index in [1.165, 1.54) is 5.56 Å². The summed E-state index contributed by atoms with van der Waals surface area (Å²) in [4.78, 5) is 4.23. The highest BCUT2D eigenvalue weighted by Gasteiger charge is 2.13. The van der Waals surface area contributed by atoms with Crippen molar-refractivity contribution in [1.82, 2.24) is 10.4 Å². The molecule has 0 radical (unpaired) electrons. The maximum absolute atomic E-state index is 5.71. The van der Waals surface area contributed by atoms with E-state index in [9.17, 15) is 0 Å². The van der Waals surface area contributed by atoms with Crippen LogP contribution in [0.4, 0.5) is 0 Å². The third kappa shape index (κ3) is 3.19. The first-order valence-electron chi connectivity index (χ1n) is 6.59. The second kappa shape index (κ2) is 5.95. The van der Waals surface area contributed by atoms with Crippen LogP contribution < -0.4 is 11.3 Å². The van der Waals surface area contributed by atoms with Crippen LogP contribution in [0.2, 0.25) is 0 Å². The molecule has 2 rings (SSSR count). The Morgan fingerprint density at radius 1 is 1.00 bits per heavy atom. The highest BCUT2D eigenvalue weighted by molar-refractivity contribution is 5.34. The smallest absolute Gasteiger partial charge is 0.0725 e. The van der Waals surface area contributed by atoms with E-state index in [2.05, 4.69) is 54.6 Å². The fraction of sp³-hybridized carbons (Fsp3) is 0.312. The Hall–Kier alpha value is -1.71. The van der Waals surface area contributed by atoms with Crippen LogP contribution in [0, 0.1) is 6.92 Å². The lowest BCUT2D eigenvalue weighted by Crippen LogP contribution is -2.29. The van der Waals surface area contributed by atoms with Gasteiger partial charge in [-0.05, 0) is 35.1 Å². The van der Waals surface area contributed by atoms with Crippen molar-refractivity contribution < 1.29 is 0 Å². The van der Waals surface area contributed by atoms with Crippen LogP contribution in [-0.4, -0.2) is 4.98 Å². The van der Waals surface area contributed by atoms with Crippen molar-refractivity contribution in [1.29, 1.82) is 0 Å². The minimum absolute atomic E-state index is 0.0198. The summed E-state index contributed by atoms with van der Waals surface area (Å²) in [5.74, 6) is 6.25. The van der Waals surface area contributed by atoms with Crippen LogP contribution in [0.15, 0.2) is 42.7 Å². The first-order chi connectivity index (χ1) is 9.11. The molecule has 100 valence electrons. The molecule has 19 heavy (non-hydrogen) atoms. The molecule has 0 bridgehead atoms. The van der Waals surface area contributed by atoms with Gasteiger partial charge in [-0.15, -0.1) is 0 Å². The van der Waals surface area contributed by atoms with Crippen molar-refractivity contribution in [2.75, 3.05) is 0 Å². The molecule has 1 aromatic heterocycles. The quantitative estimate of drug-likeness (QED) is 0.652. The lowest BCUT2D eigenvalue weighted by molar-refractivity contribution is 0.633. The van der Waals surface area contributed by atoms with Crippen molar-refractivity contribution in [3.63, 3.8) is 0 Å². The SMILES string of the molecule is Cc1cncc(C(NN)c2ccc(C(C)C)cc2)c1. The largest absolute Gasteiger partial charge is 0.271 e. The number of nitrogens with one attached hydrogen (secondary N) is 1. The van der Waals surface area contributed by atoms with Crippen molar-refractivity contribution in [2.45, 2.75) is 32.7 Å². The van der Waals surface area contributed by atoms with E-state index in [1.54, 1.807) is 0 Å². The molecule has 1 aromatic carbocycles. The molecule has 0 aliphatic rings. The molecule has 0 spiro atoms. The Balaban J connectivity index is 2.31. The van der Waals surface area contributed by atoms with E-state index < -0.39 is 0 Å². The monoisotopic (exact) mass is 255 g/mol. The topological polar surface area (TPSA) is 50.9 Å². The lowest BCUT2D eigenvalue weighted by Gasteiger charge is -2.18. The van der Waals surface area contributed by atoms with Gasteiger partial charge in [-0.25, -0.2) is 5.43 Å². The number of nitrogens with zero attached hydrogens (tertiary/aromatic N) is 1. The van der Waals surface area contributed by atoms with E-state index in [0.29, 0.717) is 5.92 Å². The van der Waals surface area contributed by atoms with Gasteiger partial charge in [0.15, 0.2) is 0 Å². The molecule has 0 saturated heterocycles. The predicted molar refractivity (Wildman–Crippen MR) is 78.7 cm³/mol. The molecule has 3 nitrogen and oxygen atoms in total. The fourth-order valence-corrected chi connectivity index (χ4v) is 2.19. The van der Waals surface area contributed by atoms with E-state index in [4.69, 9.17) is 5.84 Å². The van der Waals surface area contributed by atoms with Crippen LogP contribution >= 0.6 is 0 Å². The zero-order valence-electron chi connectivity index (χ0n) is 11.7. The summed E-state index contributed by atoms with van der Waals surface area (Å²) in [6.45, 7) is 6.42. The number of hydrazine groups is 1. The van der Waals surface area contributed by atoms with Crippen molar-refractivity contribution in [2.24, 2.45) is 5.84 Å². The normalized spacial score (nSPS) is 12.7. The maximum atomic E-state index is 5.71. The summed E-state index contributed by atoms with van der Waals surface area (Å²) in [5.41, 5.74) is 7.58. The molecule has 2 aromatic rings. The molecule has 0 saturated carbocycles. The summed E-state index contributed by atoms with van der Waals surface area (Å²) < 4.78 is 0. The molecule has 0 fully saturated rings. The van der Waals surface area contributed by atoms with E-state index in [-0.39, 0.29) is 6.04 Å². The number of nitrogens with two attached hydrogens (primary N) is 1. The molecule has 0 aliphatic heterocycles. The van der Waals surface area contributed by atoms with Gasteiger partial charge in [-0.1, -0.05) is 44.2 Å². The van der Waals surface area contributed by atoms with Gasteiger partial charge >= 0.3 is 0 Å². The fourth-order valence-electron chi connectivity index (χ4n) is 2.19. The Morgan fingerprint density at radius 3 is 2.16 bits per heavy atom. The van der Waals surface area contributed by atoms with Gasteiger partial charge in [-0.2, -0.15) is 0 Å². The minimum atomic E-state index is -0.0198. The molecule has 3 heteroatoms. The summed E-state index contributed by atoms with van der Waals surface area (Å²) in [7, 11) is 0. The molecule has 1 atom stereocenters. The second-order valence-electron chi connectivity index (χ2n) is 5.22. The van der Waals surface area contributed by atoms with Crippen LogP contribution in [0.25, 0.3) is 0 Å². The van der Waals surface area contributed by atoms with E-state index >= 15 is 0 Å². The molecule has 0 aliphatic carbocycles. The Bertz CT molecular complexity index is 532. The highest BCUT2D eigenvalue weighted by Crippen LogP contribution is 2.23. The third-order valence-corrected chi connectivity index (χ3v) is 3.33. The maximum Gasteiger partial charge on any atom is 0.0725 e. The number of benzene rings is 1. The number of hydrogen-bond acceptors (Lipinski definition) is 3. The highest BCUT2D eigenvalue weighted by atomic mass is 15.2. The average molecular weight is 255 g/mol. The predicted octanol–water partition coefficient (Wildman–Crippen LogP) is 3.07. The molecule has 1 heterocycles. The summed E-state index contributed by atoms with van der Waals surface area (Å²) in [6.07, 6.45) is 3.70. The molecule has 0 amide bonds. The van der Waals surface area contributed by atoms with E-state index in [1.807, 2.05) is 19.3 Å². The van der Waals surface area contributed by atoms with Crippen molar-refractivity contribution in [3.8, 4) is 0 Å². The van der Waals surface area contributed by atoms with E-state index in [0.717, 1.165) is 16.7 Å². The van der Waals surface area contributed by atoms with Crippen LogP contribution in [-0.2, 0) is 0 Å². The minimum Gasteiger partial charge on any atom is -0.271 e. The number of aromatic nitrogens is 1. The summed E-state index contributed by atoms with van der Waals surface area (Å²) in [5, 5.41) is 0. The zero-order valence-corrected chi connectivity index (χ0v) is 11.7. The van der Waals surface area contributed by atoms with Gasteiger partial charge in [-0.3, -0.25) is 10.8 Å². The Morgan fingerprint density at radius 2 is 1.63 bits per heavy atom. The molecule has 3 N–H and O–H groups in total. The van der Waals surface area contributed by atoms with Gasteiger partial charge in [0.2, 0.25) is 0 Å². The number of hydrogen-bond donors (Lipinski definition) is 2. The van der Waals surface area contributed by atoms with Crippen LogP contribution in [0.1, 0.15) is 48.1 Å². The van der Waals surface area contributed by atoms with Gasteiger partial charge in [0.25, 0.3) is 0 Å². The first-order valence-corrected chi connectivity index (χ1v) is 6.59. The average Bonchev–Trinajstić information content (AvgIpc) is 2.40. The second-order valence-corrected chi connectivity index (χ2v) is 5.22. The summed E-state index contributed by atoms with van der Waals surface area (Å²) >= 11 is 0. The first kappa shape index (κ1) is 13.7. The van der Waals surface area contributed by atoms with Gasteiger partial charge < -0.3 is 0 Å². The molecule has 1 unspecified atom stereocenters. The van der Waals surface area contributed by atoms with Crippen molar-refractivity contribution in [3.05, 3.63) is 65.0 Å². The number of pyridine rings is 1.